The van der Waals surface area contributed by atoms with Gasteiger partial charge >= 0.3 is 0 Å². The second kappa shape index (κ2) is 7.25. The standard InChI is InChI=1S/C14H13N3O3.ClH/c15-14(16)10-5-3-6-12(8-10)20-9-11-4-1-2-7-13(11)17(18)19;/h1-8H,9H2,(H3,15,16);1H. The van der Waals surface area contributed by atoms with Crippen molar-refractivity contribution < 1.29 is 9.66 Å². The van der Waals surface area contributed by atoms with Crippen molar-refractivity contribution in [2.45, 2.75) is 6.61 Å². The van der Waals surface area contributed by atoms with E-state index in [1.54, 1.807) is 42.5 Å². The van der Waals surface area contributed by atoms with E-state index < -0.39 is 4.92 Å². The van der Waals surface area contributed by atoms with Gasteiger partial charge in [0.05, 0.1) is 10.5 Å². The molecule has 0 saturated heterocycles. The number of amidine groups is 1. The molecule has 0 atom stereocenters. The van der Waals surface area contributed by atoms with Crippen LogP contribution in [0, 0.1) is 15.5 Å². The minimum absolute atomic E-state index is 0. The zero-order valence-electron chi connectivity index (χ0n) is 11.0. The monoisotopic (exact) mass is 307 g/mol. The summed E-state index contributed by atoms with van der Waals surface area (Å²) in [6.07, 6.45) is 0. The van der Waals surface area contributed by atoms with E-state index in [1.165, 1.54) is 6.07 Å². The molecule has 0 saturated carbocycles. The van der Waals surface area contributed by atoms with Crippen LogP contribution in [0.2, 0.25) is 0 Å². The molecular weight excluding hydrogens is 294 g/mol. The fourth-order valence-corrected chi connectivity index (χ4v) is 1.73. The van der Waals surface area contributed by atoms with E-state index in [4.69, 9.17) is 15.9 Å². The average Bonchev–Trinajstić information content (AvgIpc) is 2.45. The Morgan fingerprint density at radius 2 is 1.95 bits per heavy atom. The number of benzene rings is 2. The zero-order chi connectivity index (χ0) is 14.5. The summed E-state index contributed by atoms with van der Waals surface area (Å²) in [7, 11) is 0. The molecule has 21 heavy (non-hydrogen) atoms. The van der Waals surface area contributed by atoms with Crippen molar-refractivity contribution in [1.29, 1.82) is 5.41 Å². The minimum Gasteiger partial charge on any atom is -0.489 e. The Labute approximate surface area is 127 Å². The third kappa shape index (κ3) is 4.19. The topological polar surface area (TPSA) is 102 Å². The number of nitro benzene ring substituents is 1. The molecule has 0 unspecified atom stereocenters. The second-order valence-corrected chi connectivity index (χ2v) is 4.12. The summed E-state index contributed by atoms with van der Waals surface area (Å²) < 4.78 is 5.52. The zero-order valence-corrected chi connectivity index (χ0v) is 11.8. The fraction of sp³-hybridized carbons (Fsp3) is 0.0714. The lowest BCUT2D eigenvalue weighted by molar-refractivity contribution is -0.385. The Bertz CT molecular complexity index is 661. The third-order valence-corrected chi connectivity index (χ3v) is 2.73. The van der Waals surface area contributed by atoms with Crippen molar-refractivity contribution in [2.75, 3.05) is 0 Å². The number of nitrogens with zero attached hydrogens (tertiary/aromatic N) is 1. The number of nitro groups is 1. The predicted octanol–water partition coefficient (Wildman–Crippen LogP) is 2.88. The van der Waals surface area contributed by atoms with Crippen LogP contribution in [-0.4, -0.2) is 10.8 Å². The minimum atomic E-state index is -0.440. The molecule has 0 aromatic heterocycles. The van der Waals surface area contributed by atoms with Crippen molar-refractivity contribution in [3.05, 3.63) is 69.8 Å². The highest BCUT2D eigenvalue weighted by molar-refractivity contribution is 5.95. The largest absolute Gasteiger partial charge is 0.489 e. The van der Waals surface area contributed by atoms with Gasteiger partial charge in [-0.3, -0.25) is 15.5 Å². The van der Waals surface area contributed by atoms with Gasteiger partial charge in [0.2, 0.25) is 0 Å². The Kier molecular flexibility index (Phi) is 5.68. The van der Waals surface area contributed by atoms with Gasteiger partial charge in [-0.1, -0.05) is 24.3 Å². The number of para-hydroxylation sites is 1. The molecule has 110 valence electrons. The van der Waals surface area contributed by atoms with Gasteiger partial charge in [-0.15, -0.1) is 12.4 Å². The SMILES string of the molecule is Cl.N=C(N)c1cccc(OCc2ccccc2[N+](=O)[O-])c1. The maximum absolute atomic E-state index is 10.9. The first-order valence-electron chi connectivity index (χ1n) is 5.87. The van der Waals surface area contributed by atoms with Crippen molar-refractivity contribution in [3.8, 4) is 5.75 Å². The van der Waals surface area contributed by atoms with Gasteiger partial charge in [-0.2, -0.15) is 0 Å². The Hall–Kier alpha value is -2.60. The fourth-order valence-electron chi connectivity index (χ4n) is 1.73. The van der Waals surface area contributed by atoms with Gasteiger partial charge in [-0.05, 0) is 18.2 Å². The Morgan fingerprint density at radius 1 is 1.24 bits per heavy atom. The van der Waals surface area contributed by atoms with Gasteiger partial charge in [0, 0.05) is 11.6 Å². The van der Waals surface area contributed by atoms with Crippen LogP contribution >= 0.6 is 12.4 Å². The Morgan fingerprint density at radius 3 is 2.62 bits per heavy atom. The third-order valence-electron chi connectivity index (χ3n) is 2.73. The molecule has 0 amide bonds. The molecule has 0 spiro atoms. The second-order valence-electron chi connectivity index (χ2n) is 4.12. The van der Waals surface area contributed by atoms with Crippen molar-refractivity contribution >= 4 is 23.9 Å². The number of nitrogen functional groups attached to an aromatic ring is 1. The van der Waals surface area contributed by atoms with Crippen LogP contribution in [0.15, 0.2) is 48.5 Å². The summed E-state index contributed by atoms with van der Waals surface area (Å²) in [5.41, 5.74) is 6.45. The maximum Gasteiger partial charge on any atom is 0.276 e. The molecule has 0 radical (unpaired) electrons. The highest BCUT2D eigenvalue weighted by atomic mass is 35.5. The summed E-state index contributed by atoms with van der Waals surface area (Å²) in [4.78, 5) is 10.4. The quantitative estimate of drug-likeness (QED) is 0.383. The molecule has 0 bridgehead atoms. The molecule has 2 rings (SSSR count). The molecule has 0 fully saturated rings. The first kappa shape index (κ1) is 16.5. The molecule has 7 heteroatoms. The normalized spacial score (nSPS) is 9.52. The van der Waals surface area contributed by atoms with E-state index in [1.807, 2.05) is 0 Å². The maximum atomic E-state index is 10.9. The average molecular weight is 308 g/mol. The van der Waals surface area contributed by atoms with Gasteiger partial charge < -0.3 is 10.5 Å². The first-order valence-corrected chi connectivity index (χ1v) is 5.87. The number of nitrogens with two attached hydrogens (primary N) is 1. The van der Waals surface area contributed by atoms with E-state index in [0.29, 0.717) is 16.9 Å². The lowest BCUT2D eigenvalue weighted by Gasteiger charge is -2.08. The Balaban J connectivity index is 0.00000220. The van der Waals surface area contributed by atoms with Crippen molar-refractivity contribution in [1.82, 2.24) is 0 Å². The summed E-state index contributed by atoms with van der Waals surface area (Å²) in [5, 5.41) is 18.2. The van der Waals surface area contributed by atoms with E-state index >= 15 is 0 Å². The van der Waals surface area contributed by atoms with E-state index in [9.17, 15) is 10.1 Å². The molecule has 0 heterocycles. The lowest BCUT2D eigenvalue weighted by atomic mass is 10.2. The lowest BCUT2D eigenvalue weighted by Crippen LogP contribution is -2.11. The smallest absolute Gasteiger partial charge is 0.276 e. The van der Waals surface area contributed by atoms with Gasteiger partial charge in [-0.25, -0.2) is 0 Å². The van der Waals surface area contributed by atoms with Crippen LogP contribution < -0.4 is 10.5 Å². The molecule has 0 aliphatic carbocycles. The predicted molar refractivity (Wildman–Crippen MR) is 82.1 cm³/mol. The van der Waals surface area contributed by atoms with Crippen LogP contribution in [0.4, 0.5) is 5.69 Å². The van der Waals surface area contributed by atoms with Crippen LogP contribution in [0.5, 0.6) is 5.75 Å². The molecule has 6 nitrogen and oxygen atoms in total. The molecule has 3 N–H and O–H groups in total. The molecule has 0 aliphatic heterocycles. The summed E-state index contributed by atoms with van der Waals surface area (Å²) in [6, 6.07) is 13.2. The summed E-state index contributed by atoms with van der Waals surface area (Å²) in [6.45, 7) is 0.0819. The van der Waals surface area contributed by atoms with Crippen LogP contribution in [0.3, 0.4) is 0 Å². The van der Waals surface area contributed by atoms with Crippen LogP contribution in [0.25, 0.3) is 0 Å². The van der Waals surface area contributed by atoms with E-state index in [0.717, 1.165) is 0 Å². The number of halogens is 1. The molecule has 0 aliphatic rings. The summed E-state index contributed by atoms with van der Waals surface area (Å²) >= 11 is 0. The number of nitrogens with one attached hydrogen (secondary N) is 1. The van der Waals surface area contributed by atoms with E-state index in [2.05, 4.69) is 0 Å². The van der Waals surface area contributed by atoms with Crippen LogP contribution in [-0.2, 0) is 6.61 Å². The summed E-state index contributed by atoms with van der Waals surface area (Å²) in [5.74, 6) is 0.456. The highest BCUT2D eigenvalue weighted by Crippen LogP contribution is 2.20. The number of hydrogen-bond donors (Lipinski definition) is 2. The number of ether oxygens (including phenoxy) is 1. The molecule has 2 aromatic rings. The molecular formula is C14H14ClN3O3. The number of hydrogen-bond acceptors (Lipinski definition) is 4. The van der Waals surface area contributed by atoms with Gasteiger partial charge in [0.1, 0.15) is 18.2 Å². The van der Waals surface area contributed by atoms with Crippen molar-refractivity contribution in [3.63, 3.8) is 0 Å². The van der Waals surface area contributed by atoms with Crippen molar-refractivity contribution in [2.24, 2.45) is 5.73 Å². The number of rotatable bonds is 5. The van der Waals surface area contributed by atoms with Gasteiger partial charge in [0.25, 0.3) is 5.69 Å². The van der Waals surface area contributed by atoms with Gasteiger partial charge in [0.15, 0.2) is 0 Å². The molecule has 2 aromatic carbocycles. The first-order chi connectivity index (χ1) is 9.58. The van der Waals surface area contributed by atoms with E-state index in [-0.39, 0.29) is 30.5 Å². The van der Waals surface area contributed by atoms with Crippen LogP contribution in [0.1, 0.15) is 11.1 Å². The highest BCUT2D eigenvalue weighted by Gasteiger charge is 2.12.